The number of carbonyl (C=O) groups is 3. The Morgan fingerprint density at radius 2 is 2.03 bits per heavy atom. The van der Waals surface area contributed by atoms with Crippen LogP contribution in [-0.2, 0) is 15.0 Å². The first-order valence-corrected chi connectivity index (χ1v) is 10.4. The summed E-state index contributed by atoms with van der Waals surface area (Å²) in [6.07, 6.45) is -1.36. The first kappa shape index (κ1) is 20.6. The van der Waals surface area contributed by atoms with E-state index >= 15 is 0 Å². The van der Waals surface area contributed by atoms with Crippen LogP contribution in [0.25, 0.3) is 0 Å². The number of fused-ring (bicyclic) bond motifs is 2. The number of amides is 3. The molecule has 0 radical (unpaired) electrons. The molecule has 0 aliphatic carbocycles. The van der Waals surface area contributed by atoms with Crippen LogP contribution in [0.3, 0.4) is 0 Å². The van der Waals surface area contributed by atoms with Crippen molar-refractivity contribution >= 4 is 51.1 Å². The number of nitrogens with zero attached hydrogens (tertiary/aromatic N) is 1. The van der Waals surface area contributed by atoms with Gasteiger partial charge in [0.15, 0.2) is 0 Å². The molecule has 6 nitrogen and oxygen atoms in total. The fourth-order valence-electron chi connectivity index (χ4n) is 4.75. The maximum atomic E-state index is 13.9. The van der Waals surface area contributed by atoms with Gasteiger partial charge in [0.25, 0.3) is 0 Å². The minimum Gasteiger partial charge on any atom is -0.464 e. The van der Waals surface area contributed by atoms with Crippen molar-refractivity contribution in [3.63, 3.8) is 0 Å². The van der Waals surface area contributed by atoms with Crippen LogP contribution in [0.2, 0.25) is 5.02 Å². The second-order valence-corrected chi connectivity index (χ2v) is 8.96. The lowest BCUT2D eigenvalue weighted by Gasteiger charge is -2.46. The molecule has 0 aromatic heterocycles. The summed E-state index contributed by atoms with van der Waals surface area (Å²) < 4.78 is 0.642. The normalized spacial score (nSPS) is 25.2. The number of rotatable bonds is 2. The number of carbonyl (C=O) groups excluding carboxylic acids is 2. The van der Waals surface area contributed by atoms with E-state index in [0.717, 1.165) is 4.90 Å². The van der Waals surface area contributed by atoms with Gasteiger partial charge in [-0.1, -0.05) is 57.9 Å². The van der Waals surface area contributed by atoms with Crippen LogP contribution < -0.4 is 10.2 Å². The maximum Gasteiger partial charge on any atom is 0.418 e. The second kappa shape index (κ2) is 7.25. The summed E-state index contributed by atoms with van der Waals surface area (Å²) in [6, 6.07) is 11.3. The van der Waals surface area contributed by atoms with Crippen molar-refractivity contribution < 1.29 is 19.5 Å². The van der Waals surface area contributed by atoms with E-state index in [-0.39, 0.29) is 18.0 Å². The molecule has 0 saturated carbocycles. The number of carboxylic acid groups (broad SMARTS) is 1. The summed E-state index contributed by atoms with van der Waals surface area (Å²) in [6.45, 7) is 5.73. The standard InChI is InChI=1S/C22H18BrClN2O4/c1-11(2)19-22(16(10-18(27)25-19)12-4-3-5-14(24)8-12)15-7-6-13(23)9-17(15)26(20(22)28)21(29)30/h3-9,16,19H,1,10H2,2H3,(H,25,27)(H,29,30). The lowest BCUT2D eigenvalue weighted by atomic mass is 9.59. The molecule has 4 rings (SSSR count). The average molecular weight is 490 g/mol. The van der Waals surface area contributed by atoms with Gasteiger partial charge in [0.2, 0.25) is 11.8 Å². The molecule has 2 aliphatic rings. The van der Waals surface area contributed by atoms with Crippen LogP contribution in [0, 0.1) is 0 Å². The Morgan fingerprint density at radius 3 is 2.67 bits per heavy atom. The van der Waals surface area contributed by atoms with Crippen molar-refractivity contribution in [2.45, 2.75) is 30.7 Å². The first-order chi connectivity index (χ1) is 14.2. The van der Waals surface area contributed by atoms with Crippen molar-refractivity contribution in [2.24, 2.45) is 0 Å². The Hall–Kier alpha value is -2.64. The number of nitrogens with one attached hydrogen (secondary N) is 1. The summed E-state index contributed by atoms with van der Waals surface area (Å²) in [7, 11) is 0. The molecule has 30 heavy (non-hydrogen) atoms. The highest BCUT2D eigenvalue weighted by molar-refractivity contribution is 9.10. The number of anilines is 1. The predicted molar refractivity (Wildman–Crippen MR) is 117 cm³/mol. The Labute approximate surface area is 186 Å². The second-order valence-electron chi connectivity index (χ2n) is 7.61. The van der Waals surface area contributed by atoms with Gasteiger partial charge in [0.05, 0.1) is 11.7 Å². The quantitative estimate of drug-likeness (QED) is 0.603. The van der Waals surface area contributed by atoms with Gasteiger partial charge in [-0.25, -0.2) is 9.69 Å². The fraction of sp³-hybridized carbons (Fsp3) is 0.227. The van der Waals surface area contributed by atoms with Gasteiger partial charge < -0.3 is 10.4 Å². The van der Waals surface area contributed by atoms with Crippen molar-refractivity contribution in [1.29, 1.82) is 0 Å². The number of hydrogen-bond donors (Lipinski definition) is 2. The highest BCUT2D eigenvalue weighted by atomic mass is 79.9. The minimum atomic E-state index is -1.38. The van der Waals surface area contributed by atoms with E-state index in [9.17, 15) is 19.5 Å². The van der Waals surface area contributed by atoms with E-state index in [4.69, 9.17) is 11.6 Å². The monoisotopic (exact) mass is 488 g/mol. The molecule has 0 bridgehead atoms. The molecular weight excluding hydrogens is 472 g/mol. The smallest absolute Gasteiger partial charge is 0.418 e. The number of hydrogen-bond acceptors (Lipinski definition) is 3. The Kier molecular flexibility index (Phi) is 4.98. The van der Waals surface area contributed by atoms with Gasteiger partial charge in [-0.05, 0) is 42.3 Å². The number of piperidine rings is 1. The molecule has 3 amide bonds. The van der Waals surface area contributed by atoms with Gasteiger partial charge in [0, 0.05) is 21.8 Å². The highest BCUT2D eigenvalue weighted by Gasteiger charge is 2.64. The first-order valence-electron chi connectivity index (χ1n) is 9.25. The molecule has 3 atom stereocenters. The molecule has 3 unspecified atom stereocenters. The number of halogens is 2. The van der Waals surface area contributed by atoms with E-state index in [0.29, 0.717) is 26.2 Å². The SMILES string of the molecule is C=C(C)C1NC(=O)CC(c2cccc(Cl)c2)C12C(=O)N(C(=O)O)c1cc(Br)ccc12. The highest BCUT2D eigenvalue weighted by Crippen LogP contribution is 2.56. The average Bonchev–Trinajstić information content (AvgIpc) is 2.91. The summed E-state index contributed by atoms with van der Waals surface area (Å²) in [4.78, 5) is 39.4. The molecule has 8 heteroatoms. The molecular formula is C22H18BrClN2O4. The zero-order valence-electron chi connectivity index (χ0n) is 16.0. The molecule has 154 valence electrons. The largest absolute Gasteiger partial charge is 0.464 e. The van der Waals surface area contributed by atoms with Gasteiger partial charge in [-0.15, -0.1) is 0 Å². The summed E-state index contributed by atoms with van der Waals surface area (Å²) in [5, 5.41) is 13.2. The lowest BCUT2D eigenvalue weighted by molar-refractivity contribution is -0.131. The fourth-order valence-corrected chi connectivity index (χ4v) is 5.30. The zero-order chi connectivity index (χ0) is 21.8. The molecule has 2 heterocycles. The molecule has 1 saturated heterocycles. The van der Waals surface area contributed by atoms with Gasteiger partial charge in [-0.3, -0.25) is 9.59 Å². The van der Waals surface area contributed by atoms with Crippen molar-refractivity contribution in [2.75, 3.05) is 4.90 Å². The van der Waals surface area contributed by atoms with E-state index in [1.807, 2.05) is 6.07 Å². The molecule has 2 N–H and O–H groups in total. The van der Waals surface area contributed by atoms with Crippen molar-refractivity contribution in [3.05, 3.63) is 75.2 Å². The van der Waals surface area contributed by atoms with Crippen LogP contribution in [0.15, 0.2) is 59.1 Å². The Bertz CT molecular complexity index is 1120. The maximum absolute atomic E-state index is 13.9. The third-order valence-electron chi connectivity index (χ3n) is 5.84. The predicted octanol–water partition coefficient (Wildman–Crippen LogP) is 4.61. The summed E-state index contributed by atoms with van der Waals surface area (Å²) >= 11 is 9.58. The summed E-state index contributed by atoms with van der Waals surface area (Å²) in [5.74, 6) is -1.47. The zero-order valence-corrected chi connectivity index (χ0v) is 18.3. The number of benzene rings is 2. The number of imide groups is 1. The molecule has 1 fully saturated rings. The van der Waals surface area contributed by atoms with Crippen LogP contribution in [0.4, 0.5) is 10.5 Å². The van der Waals surface area contributed by atoms with E-state index in [1.165, 1.54) is 0 Å². The molecule has 2 aromatic rings. The third kappa shape index (κ3) is 2.87. The van der Waals surface area contributed by atoms with E-state index < -0.39 is 29.4 Å². The van der Waals surface area contributed by atoms with Crippen molar-refractivity contribution in [3.8, 4) is 0 Å². The topological polar surface area (TPSA) is 86.7 Å². The molecule has 2 aliphatic heterocycles. The van der Waals surface area contributed by atoms with Gasteiger partial charge >= 0.3 is 6.09 Å². The van der Waals surface area contributed by atoms with Crippen LogP contribution in [0.1, 0.15) is 30.4 Å². The Balaban J connectivity index is 2.08. The molecule has 1 spiro atoms. The molecule has 2 aromatic carbocycles. The summed E-state index contributed by atoms with van der Waals surface area (Å²) in [5.41, 5.74) is 0.703. The van der Waals surface area contributed by atoms with E-state index in [2.05, 4.69) is 27.8 Å². The van der Waals surface area contributed by atoms with Gasteiger partial charge in [-0.2, -0.15) is 0 Å². The third-order valence-corrected chi connectivity index (χ3v) is 6.57. The minimum absolute atomic E-state index is 0.0127. The van der Waals surface area contributed by atoms with Crippen molar-refractivity contribution in [1.82, 2.24) is 5.32 Å². The van der Waals surface area contributed by atoms with Crippen LogP contribution in [-0.4, -0.2) is 29.1 Å². The van der Waals surface area contributed by atoms with Gasteiger partial charge in [0.1, 0.15) is 5.41 Å². The van der Waals surface area contributed by atoms with Crippen LogP contribution in [0.5, 0.6) is 0 Å². The Morgan fingerprint density at radius 1 is 1.30 bits per heavy atom. The van der Waals surface area contributed by atoms with Crippen LogP contribution >= 0.6 is 27.5 Å². The van der Waals surface area contributed by atoms with E-state index in [1.54, 1.807) is 43.3 Å². The lowest BCUT2D eigenvalue weighted by Crippen LogP contribution is -2.63.